The van der Waals surface area contributed by atoms with Gasteiger partial charge >= 0.3 is 0 Å². The van der Waals surface area contributed by atoms with E-state index in [4.69, 9.17) is 9.84 Å². The molecular formula is C10H13NO3S. The molecule has 1 atom stereocenters. The van der Waals surface area contributed by atoms with Crippen LogP contribution in [-0.4, -0.2) is 41.8 Å². The average Bonchev–Trinajstić information content (AvgIpc) is 2.74. The molecule has 1 fully saturated rings. The molecule has 0 saturated carbocycles. The van der Waals surface area contributed by atoms with Crippen molar-refractivity contribution in [1.82, 2.24) is 4.90 Å². The van der Waals surface area contributed by atoms with Crippen molar-refractivity contribution < 1.29 is 14.6 Å². The Hall–Kier alpha value is -0.910. The van der Waals surface area contributed by atoms with Crippen LogP contribution < -0.4 is 0 Å². The molecule has 0 aromatic carbocycles. The van der Waals surface area contributed by atoms with E-state index in [1.54, 1.807) is 16.2 Å². The van der Waals surface area contributed by atoms with Crippen LogP contribution >= 0.6 is 11.3 Å². The molecule has 2 heterocycles. The Bertz CT molecular complexity index is 325. The third kappa shape index (κ3) is 2.37. The smallest absolute Gasteiger partial charge is 0.249 e. The zero-order valence-electron chi connectivity index (χ0n) is 8.26. The van der Waals surface area contributed by atoms with Crippen molar-refractivity contribution in [1.29, 1.82) is 0 Å². The molecule has 1 unspecified atom stereocenters. The fourth-order valence-electron chi connectivity index (χ4n) is 1.60. The van der Waals surface area contributed by atoms with E-state index in [2.05, 4.69) is 0 Å². The molecule has 1 aliphatic heterocycles. The van der Waals surface area contributed by atoms with Gasteiger partial charge in [0, 0.05) is 4.88 Å². The molecule has 2 rings (SSSR count). The normalized spacial score (nSPS) is 22.1. The molecule has 0 aliphatic carbocycles. The number of rotatable bonds is 3. The number of amides is 1. The standard InChI is InChI=1S/C10H13NO3S/c12-5-8-6-14-7-10(13)11(8)4-9-2-1-3-15-9/h1-3,8,12H,4-7H2. The van der Waals surface area contributed by atoms with E-state index in [1.807, 2.05) is 17.5 Å². The first kappa shape index (κ1) is 10.6. The predicted octanol–water partition coefficient (Wildman–Crippen LogP) is 0.468. The summed E-state index contributed by atoms with van der Waals surface area (Å²) in [6.07, 6.45) is 0. The molecule has 0 bridgehead atoms. The van der Waals surface area contributed by atoms with Crippen LogP contribution in [0, 0.1) is 0 Å². The minimum atomic E-state index is -0.201. The van der Waals surface area contributed by atoms with Crippen molar-refractivity contribution in [3.05, 3.63) is 22.4 Å². The van der Waals surface area contributed by atoms with E-state index in [0.29, 0.717) is 13.2 Å². The molecule has 15 heavy (non-hydrogen) atoms. The van der Waals surface area contributed by atoms with E-state index in [1.165, 1.54) is 0 Å². The molecule has 1 saturated heterocycles. The van der Waals surface area contributed by atoms with Crippen LogP contribution in [0.25, 0.3) is 0 Å². The second-order valence-electron chi connectivity index (χ2n) is 3.45. The van der Waals surface area contributed by atoms with E-state index in [9.17, 15) is 4.79 Å². The lowest BCUT2D eigenvalue weighted by atomic mass is 10.2. The minimum absolute atomic E-state index is 0.0445. The first-order valence-corrected chi connectivity index (χ1v) is 5.69. The minimum Gasteiger partial charge on any atom is -0.394 e. The third-order valence-corrected chi connectivity index (χ3v) is 3.28. The number of nitrogens with zero attached hydrogens (tertiary/aromatic N) is 1. The third-order valence-electron chi connectivity index (χ3n) is 2.41. The van der Waals surface area contributed by atoms with Crippen molar-refractivity contribution >= 4 is 17.2 Å². The summed E-state index contributed by atoms with van der Waals surface area (Å²) in [5, 5.41) is 11.1. The lowest BCUT2D eigenvalue weighted by Crippen LogP contribution is -2.50. The number of morpholine rings is 1. The van der Waals surface area contributed by atoms with Gasteiger partial charge in [-0.05, 0) is 11.4 Å². The fraction of sp³-hybridized carbons (Fsp3) is 0.500. The van der Waals surface area contributed by atoms with Crippen molar-refractivity contribution in [2.75, 3.05) is 19.8 Å². The van der Waals surface area contributed by atoms with E-state index < -0.39 is 0 Å². The highest BCUT2D eigenvalue weighted by molar-refractivity contribution is 7.09. The first-order valence-electron chi connectivity index (χ1n) is 4.81. The Morgan fingerprint density at radius 3 is 3.20 bits per heavy atom. The van der Waals surface area contributed by atoms with E-state index >= 15 is 0 Å². The maximum absolute atomic E-state index is 11.6. The van der Waals surface area contributed by atoms with Crippen LogP contribution in [0.1, 0.15) is 4.88 Å². The topological polar surface area (TPSA) is 49.8 Å². The predicted molar refractivity (Wildman–Crippen MR) is 56.6 cm³/mol. The molecule has 82 valence electrons. The number of ether oxygens (including phenoxy) is 1. The van der Waals surface area contributed by atoms with Gasteiger partial charge in [0.15, 0.2) is 0 Å². The molecule has 1 aromatic rings. The molecule has 0 spiro atoms. The lowest BCUT2D eigenvalue weighted by molar-refractivity contribution is -0.150. The molecule has 1 N–H and O–H groups in total. The Morgan fingerprint density at radius 2 is 2.53 bits per heavy atom. The van der Waals surface area contributed by atoms with Crippen molar-refractivity contribution in [2.24, 2.45) is 0 Å². The van der Waals surface area contributed by atoms with Gasteiger partial charge in [0.1, 0.15) is 6.61 Å². The average molecular weight is 227 g/mol. The molecular weight excluding hydrogens is 214 g/mol. The number of carbonyl (C=O) groups excluding carboxylic acids is 1. The first-order chi connectivity index (χ1) is 7.31. The van der Waals surface area contributed by atoms with Gasteiger partial charge in [-0.3, -0.25) is 4.79 Å². The summed E-state index contributed by atoms with van der Waals surface area (Å²) in [5.41, 5.74) is 0. The number of aliphatic hydroxyl groups is 1. The Kier molecular flexibility index (Phi) is 3.35. The second kappa shape index (κ2) is 4.74. The van der Waals surface area contributed by atoms with Gasteiger partial charge in [-0.25, -0.2) is 0 Å². The van der Waals surface area contributed by atoms with Gasteiger partial charge in [-0.1, -0.05) is 6.07 Å². The molecule has 1 amide bonds. The Morgan fingerprint density at radius 1 is 1.67 bits per heavy atom. The van der Waals surface area contributed by atoms with Gasteiger partial charge in [-0.15, -0.1) is 11.3 Å². The Labute approximate surface area is 92.1 Å². The van der Waals surface area contributed by atoms with Crippen molar-refractivity contribution in [3.8, 4) is 0 Å². The number of carbonyl (C=O) groups is 1. The van der Waals surface area contributed by atoms with Crippen molar-refractivity contribution in [3.63, 3.8) is 0 Å². The van der Waals surface area contributed by atoms with Gasteiger partial charge in [0.25, 0.3) is 0 Å². The molecule has 0 radical (unpaired) electrons. The van der Waals surface area contributed by atoms with Crippen LogP contribution in [0.15, 0.2) is 17.5 Å². The zero-order chi connectivity index (χ0) is 10.7. The summed E-state index contributed by atoms with van der Waals surface area (Å²) in [6.45, 7) is 1.08. The van der Waals surface area contributed by atoms with E-state index in [0.717, 1.165) is 4.88 Å². The van der Waals surface area contributed by atoms with Gasteiger partial charge in [0.2, 0.25) is 5.91 Å². The fourth-order valence-corrected chi connectivity index (χ4v) is 2.30. The Balaban J connectivity index is 2.06. The highest BCUT2D eigenvalue weighted by atomic mass is 32.1. The van der Waals surface area contributed by atoms with Gasteiger partial charge in [-0.2, -0.15) is 0 Å². The number of thiophene rings is 1. The summed E-state index contributed by atoms with van der Waals surface area (Å²) >= 11 is 1.61. The van der Waals surface area contributed by atoms with E-state index in [-0.39, 0.29) is 25.2 Å². The summed E-state index contributed by atoms with van der Waals surface area (Å²) in [4.78, 5) is 14.4. The lowest BCUT2D eigenvalue weighted by Gasteiger charge is -2.34. The summed E-state index contributed by atoms with van der Waals surface area (Å²) in [6, 6.07) is 3.74. The monoisotopic (exact) mass is 227 g/mol. The molecule has 5 heteroatoms. The summed E-state index contributed by atoms with van der Waals surface area (Å²) < 4.78 is 5.09. The number of hydrogen-bond donors (Lipinski definition) is 1. The molecule has 1 aliphatic rings. The highest BCUT2D eigenvalue weighted by Crippen LogP contribution is 2.16. The summed E-state index contributed by atoms with van der Waals surface area (Å²) in [7, 11) is 0. The largest absolute Gasteiger partial charge is 0.394 e. The van der Waals surface area contributed by atoms with Crippen LogP contribution in [0.4, 0.5) is 0 Å². The summed E-state index contributed by atoms with van der Waals surface area (Å²) in [5.74, 6) is -0.0475. The maximum Gasteiger partial charge on any atom is 0.249 e. The van der Waals surface area contributed by atoms with Crippen molar-refractivity contribution in [2.45, 2.75) is 12.6 Å². The number of aliphatic hydroxyl groups excluding tert-OH is 1. The van der Waals surface area contributed by atoms with Gasteiger partial charge < -0.3 is 14.7 Å². The zero-order valence-corrected chi connectivity index (χ0v) is 9.07. The second-order valence-corrected chi connectivity index (χ2v) is 4.48. The highest BCUT2D eigenvalue weighted by Gasteiger charge is 2.28. The van der Waals surface area contributed by atoms with Crippen LogP contribution in [0.5, 0.6) is 0 Å². The van der Waals surface area contributed by atoms with Crippen LogP contribution in [0.2, 0.25) is 0 Å². The SMILES string of the molecule is O=C1COCC(CO)N1Cc1cccs1. The quantitative estimate of drug-likeness (QED) is 0.816. The molecule has 4 nitrogen and oxygen atoms in total. The number of hydrogen-bond acceptors (Lipinski definition) is 4. The van der Waals surface area contributed by atoms with Crippen LogP contribution in [0.3, 0.4) is 0 Å². The maximum atomic E-state index is 11.6. The molecule has 1 aromatic heterocycles. The van der Waals surface area contributed by atoms with Gasteiger partial charge in [0.05, 0.1) is 25.8 Å². The van der Waals surface area contributed by atoms with Crippen LogP contribution in [-0.2, 0) is 16.1 Å².